The number of hydrogen-bond acceptors (Lipinski definition) is 3. The zero-order valence-corrected chi connectivity index (χ0v) is 10.2. The first-order valence-electron chi connectivity index (χ1n) is 5.51. The maximum Gasteiger partial charge on any atom is 0.311 e. The Bertz CT molecular complexity index is 575. The second kappa shape index (κ2) is 4.91. The highest BCUT2D eigenvalue weighted by atomic mass is 16.5. The topological polar surface area (TPSA) is 75.2 Å². The molecule has 1 heterocycles. The van der Waals surface area contributed by atoms with Crippen LogP contribution < -0.4 is 4.74 Å². The number of rotatable bonds is 4. The van der Waals surface area contributed by atoms with Crippen LogP contribution in [0.2, 0.25) is 0 Å². The molecule has 0 atom stereocenters. The Labute approximate surface area is 104 Å². The lowest BCUT2D eigenvalue weighted by atomic mass is 10.1. The first-order chi connectivity index (χ1) is 8.60. The van der Waals surface area contributed by atoms with Gasteiger partial charge in [-0.25, -0.2) is 4.98 Å². The summed E-state index contributed by atoms with van der Waals surface area (Å²) in [4.78, 5) is 17.6. The first kappa shape index (κ1) is 12.2. The Hall–Kier alpha value is -2.30. The van der Waals surface area contributed by atoms with Crippen LogP contribution in [0.1, 0.15) is 11.4 Å². The predicted octanol–water partition coefficient (Wildman–Crippen LogP) is 2.02. The third kappa shape index (κ3) is 2.51. The molecule has 0 aliphatic carbocycles. The van der Waals surface area contributed by atoms with Gasteiger partial charge in [-0.2, -0.15) is 0 Å². The molecule has 0 amide bonds. The molecular weight excluding hydrogens is 232 g/mol. The van der Waals surface area contributed by atoms with Crippen molar-refractivity contribution in [3.05, 3.63) is 35.8 Å². The fourth-order valence-electron chi connectivity index (χ4n) is 1.79. The summed E-state index contributed by atoms with van der Waals surface area (Å²) in [7, 11) is 1.63. The molecule has 5 heteroatoms. The van der Waals surface area contributed by atoms with Crippen molar-refractivity contribution >= 4 is 5.97 Å². The number of aliphatic carboxylic acids is 1. The van der Waals surface area contributed by atoms with Gasteiger partial charge in [-0.1, -0.05) is 0 Å². The zero-order valence-electron chi connectivity index (χ0n) is 10.2. The molecule has 1 aromatic heterocycles. The number of imidazole rings is 1. The molecule has 1 aromatic carbocycles. The van der Waals surface area contributed by atoms with Gasteiger partial charge in [-0.3, -0.25) is 4.79 Å². The first-order valence-corrected chi connectivity index (χ1v) is 5.51. The van der Waals surface area contributed by atoms with Crippen molar-refractivity contribution in [3.8, 4) is 17.0 Å². The van der Waals surface area contributed by atoms with Crippen molar-refractivity contribution in [2.24, 2.45) is 0 Å². The molecule has 0 spiro atoms. The van der Waals surface area contributed by atoms with Crippen molar-refractivity contribution in [2.45, 2.75) is 13.3 Å². The van der Waals surface area contributed by atoms with Gasteiger partial charge in [0, 0.05) is 5.56 Å². The maximum absolute atomic E-state index is 10.6. The van der Waals surface area contributed by atoms with Crippen LogP contribution in [0.4, 0.5) is 0 Å². The number of ether oxygens (including phenoxy) is 1. The molecule has 0 bridgehead atoms. The Kier molecular flexibility index (Phi) is 3.32. The van der Waals surface area contributed by atoms with Crippen molar-refractivity contribution in [1.82, 2.24) is 9.97 Å². The van der Waals surface area contributed by atoms with Gasteiger partial charge in [0.1, 0.15) is 18.0 Å². The quantitative estimate of drug-likeness (QED) is 0.865. The molecule has 0 unspecified atom stereocenters. The molecule has 2 rings (SSSR count). The fraction of sp³-hybridized carbons (Fsp3) is 0.231. The van der Waals surface area contributed by atoms with E-state index in [2.05, 4.69) is 9.97 Å². The normalized spacial score (nSPS) is 10.3. The van der Waals surface area contributed by atoms with Gasteiger partial charge in [0.2, 0.25) is 0 Å². The fourth-order valence-corrected chi connectivity index (χ4v) is 1.79. The Morgan fingerprint density at radius 2 is 2.28 bits per heavy atom. The third-order valence-electron chi connectivity index (χ3n) is 2.65. The Morgan fingerprint density at radius 1 is 1.50 bits per heavy atom. The van der Waals surface area contributed by atoms with Crippen LogP contribution >= 0.6 is 0 Å². The van der Waals surface area contributed by atoms with E-state index in [4.69, 9.17) is 9.84 Å². The molecule has 18 heavy (non-hydrogen) atoms. The van der Waals surface area contributed by atoms with Crippen LogP contribution in [0.3, 0.4) is 0 Å². The van der Waals surface area contributed by atoms with E-state index in [0.29, 0.717) is 5.82 Å². The van der Waals surface area contributed by atoms with E-state index in [9.17, 15) is 4.79 Å². The van der Waals surface area contributed by atoms with Gasteiger partial charge < -0.3 is 14.8 Å². The molecule has 0 radical (unpaired) electrons. The van der Waals surface area contributed by atoms with Gasteiger partial charge in [-0.05, 0) is 30.7 Å². The second-order valence-electron chi connectivity index (χ2n) is 4.00. The minimum atomic E-state index is -0.901. The maximum atomic E-state index is 10.6. The molecular formula is C13H14N2O3. The van der Waals surface area contributed by atoms with Crippen LogP contribution in [-0.2, 0) is 11.2 Å². The van der Waals surface area contributed by atoms with E-state index in [1.165, 1.54) is 0 Å². The lowest BCUT2D eigenvalue weighted by Gasteiger charge is -2.05. The van der Waals surface area contributed by atoms with Gasteiger partial charge in [-0.15, -0.1) is 0 Å². The molecule has 5 nitrogen and oxygen atoms in total. The smallest absolute Gasteiger partial charge is 0.311 e. The standard InChI is InChI=1S/C13H14N2O3/c1-8-5-9(3-4-11(8)18-2)10-7-14-12(15-10)6-13(16)17/h3-5,7H,6H2,1-2H3,(H,14,15)(H,16,17). The summed E-state index contributed by atoms with van der Waals surface area (Å²) >= 11 is 0. The minimum Gasteiger partial charge on any atom is -0.496 e. The van der Waals surface area contributed by atoms with E-state index in [1.54, 1.807) is 13.3 Å². The number of carboxylic acid groups (broad SMARTS) is 1. The average Bonchev–Trinajstić information content (AvgIpc) is 2.76. The van der Waals surface area contributed by atoms with Gasteiger partial charge in [0.05, 0.1) is 19.0 Å². The van der Waals surface area contributed by atoms with E-state index in [1.807, 2.05) is 25.1 Å². The summed E-state index contributed by atoms with van der Waals surface area (Å²) in [5.41, 5.74) is 2.78. The lowest BCUT2D eigenvalue weighted by molar-refractivity contribution is -0.136. The van der Waals surface area contributed by atoms with Crippen molar-refractivity contribution in [2.75, 3.05) is 7.11 Å². The number of methoxy groups -OCH3 is 1. The summed E-state index contributed by atoms with van der Waals surface area (Å²) in [6.45, 7) is 1.96. The van der Waals surface area contributed by atoms with Crippen LogP contribution in [0, 0.1) is 6.92 Å². The van der Waals surface area contributed by atoms with E-state index >= 15 is 0 Å². The van der Waals surface area contributed by atoms with E-state index in [0.717, 1.165) is 22.6 Å². The van der Waals surface area contributed by atoms with Crippen molar-refractivity contribution < 1.29 is 14.6 Å². The highest BCUT2D eigenvalue weighted by Gasteiger charge is 2.08. The SMILES string of the molecule is COc1ccc(-c2cnc(CC(=O)O)[nH]2)cc1C. The number of aromatic amines is 1. The summed E-state index contributed by atoms with van der Waals surface area (Å²) in [5.74, 6) is 0.372. The number of carbonyl (C=O) groups is 1. The minimum absolute atomic E-state index is 0.102. The lowest BCUT2D eigenvalue weighted by Crippen LogP contribution is -2.01. The van der Waals surface area contributed by atoms with Crippen molar-refractivity contribution in [1.29, 1.82) is 0 Å². The van der Waals surface area contributed by atoms with Gasteiger partial charge in [0.25, 0.3) is 0 Å². The van der Waals surface area contributed by atoms with Crippen molar-refractivity contribution in [3.63, 3.8) is 0 Å². The van der Waals surface area contributed by atoms with Gasteiger partial charge >= 0.3 is 5.97 Å². The molecule has 0 aliphatic rings. The monoisotopic (exact) mass is 246 g/mol. The average molecular weight is 246 g/mol. The Morgan fingerprint density at radius 3 is 2.89 bits per heavy atom. The highest BCUT2D eigenvalue weighted by Crippen LogP contribution is 2.24. The second-order valence-corrected chi connectivity index (χ2v) is 4.00. The van der Waals surface area contributed by atoms with Gasteiger partial charge in [0.15, 0.2) is 0 Å². The van der Waals surface area contributed by atoms with Crippen LogP contribution in [0.5, 0.6) is 5.75 Å². The zero-order chi connectivity index (χ0) is 13.1. The molecule has 2 N–H and O–H groups in total. The third-order valence-corrected chi connectivity index (χ3v) is 2.65. The summed E-state index contributed by atoms with van der Waals surface area (Å²) in [6, 6.07) is 5.75. The number of nitrogens with zero attached hydrogens (tertiary/aromatic N) is 1. The van der Waals surface area contributed by atoms with Crippen LogP contribution in [-0.4, -0.2) is 28.2 Å². The summed E-state index contributed by atoms with van der Waals surface area (Å²) in [6.07, 6.45) is 1.54. The number of benzene rings is 1. The molecule has 0 aliphatic heterocycles. The number of nitrogens with one attached hydrogen (secondary N) is 1. The molecule has 94 valence electrons. The molecule has 0 fully saturated rings. The summed E-state index contributed by atoms with van der Waals surface area (Å²) < 4.78 is 5.19. The molecule has 0 saturated carbocycles. The van der Waals surface area contributed by atoms with E-state index < -0.39 is 5.97 Å². The number of aromatic nitrogens is 2. The van der Waals surface area contributed by atoms with E-state index in [-0.39, 0.29) is 6.42 Å². The largest absolute Gasteiger partial charge is 0.496 e. The summed E-state index contributed by atoms with van der Waals surface area (Å²) in [5, 5.41) is 8.68. The number of hydrogen-bond donors (Lipinski definition) is 2. The Balaban J connectivity index is 2.28. The van der Waals surface area contributed by atoms with Crippen LogP contribution in [0.25, 0.3) is 11.3 Å². The predicted molar refractivity (Wildman–Crippen MR) is 66.7 cm³/mol. The number of H-pyrrole nitrogens is 1. The highest BCUT2D eigenvalue weighted by molar-refractivity contribution is 5.69. The number of aryl methyl sites for hydroxylation is 1. The number of carboxylic acids is 1. The molecule has 2 aromatic rings. The van der Waals surface area contributed by atoms with Crippen LogP contribution in [0.15, 0.2) is 24.4 Å². The molecule has 0 saturated heterocycles.